The highest BCUT2D eigenvalue weighted by atomic mass is 32.1. The van der Waals surface area contributed by atoms with E-state index in [1.165, 1.54) is 11.3 Å². The number of piperidine rings is 1. The number of hydrogen-bond acceptors (Lipinski definition) is 5. The highest BCUT2D eigenvalue weighted by molar-refractivity contribution is 7.21. The number of carbonyl (C=O) groups is 1. The molecule has 0 radical (unpaired) electrons. The molecule has 2 aromatic heterocycles. The number of aliphatic hydroxyl groups excluding tert-OH is 1. The number of carbonyl (C=O) groups excluding carboxylic acids is 1. The number of nitrogens with two attached hydrogens (primary N) is 1. The van der Waals surface area contributed by atoms with Crippen molar-refractivity contribution in [3.63, 3.8) is 0 Å². The minimum atomic E-state index is -0.0383. The SMILES string of the molecule is Nc1c(C(=O)N2CCCC(CO)C2)sc2ncccc12. The van der Waals surface area contributed by atoms with E-state index in [-0.39, 0.29) is 18.4 Å². The van der Waals surface area contributed by atoms with Crippen molar-refractivity contribution in [2.75, 3.05) is 25.4 Å². The molecule has 20 heavy (non-hydrogen) atoms. The van der Waals surface area contributed by atoms with Gasteiger partial charge in [-0.05, 0) is 30.9 Å². The van der Waals surface area contributed by atoms with Crippen LogP contribution in [0.2, 0.25) is 0 Å². The number of fused-ring (bicyclic) bond motifs is 1. The van der Waals surface area contributed by atoms with Crippen LogP contribution >= 0.6 is 11.3 Å². The van der Waals surface area contributed by atoms with E-state index in [1.807, 2.05) is 12.1 Å². The van der Waals surface area contributed by atoms with Gasteiger partial charge in [-0.2, -0.15) is 0 Å². The number of likely N-dealkylation sites (tertiary alicyclic amines) is 1. The largest absolute Gasteiger partial charge is 0.397 e. The fourth-order valence-corrected chi connectivity index (χ4v) is 3.68. The van der Waals surface area contributed by atoms with Gasteiger partial charge in [0.15, 0.2) is 0 Å². The lowest BCUT2D eigenvalue weighted by Gasteiger charge is -2.31. The van der Waals surface area contributed by atoms with Crippen LogP contribution in [0.15, 0.2) is 18.3 Å². The lowest BCUT2D eigenvalue weighted by atomic mass is 9.99. The number of amides is 1. The molecule has 0 saturated carbocycles. The van der Waals surface area contributed by atoms with Crippen molar-refractivity contribution < 1.29 is 9.90 Å². The number of aliphatic hydroxyl groups is 1. The van der Waals surface area contributed by atoms with E-state index in [2.05, 4.69) is 4.98 Å². The van der Waals surface area contributed by atoms with Crippen molar-refractivity contribution in [3.8, 4) is 0 Å². The van der Waals surface area contributed by atoms with Crippen molar-refractivity contribution in [3.05, 3.63) is 23.2 Å². The molecule has 1 aliphatic rings. The van der Waals surface area contributed by atoms with Gasteiger partial charge in [0.25, 0.3) is 5.91 Å². The standard InChI is InChI=1S/C14H17N3O2S/c15-11-10-4-1-5-16-13(10)20-12(11)14(19)17-6-2-3-9(7-17)8-18/h1,4-5,9,18H,2-3,6-8,15H2. The second kappa shape index (κ2) is 5.38. The van der Waals surface area contributed by atoms with Gasteiger partial charge in [0, 0.05) is 31.3 Å². The summed E-state index contributed by atoms with van der Waals surface area (Å²) >= 11 is 1.34. The summed E-state index contributed by atoms with van der Waals surface area (Å²) < 4.78 is 0. The van der Waals surface area contributed by atoms with Gasteiger partial charge in [-0.1, -0.05) is 0 Å². The van der Waals surface area contributed by atoms with Crippen LogP contribution in [0, 0.1) is 5.92 Å². The third-order valence-corrected chi connectivity index (χ3v) is 4.88. The van der Waals surface area contributed by atoms with Crippen LogP contribution < -0.4 is 5.73 Å². The molecule has 1 saturated heterocycles. The maximum Gasteiger partial charge on any atom is 0.266 e. The number of pyridine rings is 1. The predicted octanol–water partition coefficient (Wildman–Crippen LogP) is 1.72. The number of thiophene rings is 1. The molecule has 6 heteroatoms. The highest BCUT2D eigenvalue weighted by Gasteiger charge is 2.27. The molecule has 106 valence electrons. The predicted molar refractivity (Wildman–Crippen MR) is 79.7 cm³/mol. The Hall–Kier alpha value is -1.66. The van der Waals surface area contributed by atoms with Gasteiger partial charge in [-0.25, -0.2) is 4.98 Å². The Morgan fingerprint density at radius 3 is 3.20 bits per heavy atom. The molecule has 0 spiro atoms. The van der Waals surface area contributed by atoms with Crippen LogP contribution in [0.3, 0.4) is 0 Å². The molecule has 0 bridgehead atoms. The molecular weight excluding hydrogens is 274 g/mol. The lowest BCUT2D eigenvalue weighted by Crippen LogP contribution is -2.40. The minimum Gasteiger partial charge on any atom is -0.397 e. The van der Waals surface area contributed by atoms with Crippen LogP contribution in [0.25, 0.3) is 10.2 Å². The highest BCUT2D eigenvalue weighted by Crippen LogP contribution is 2.33. The molecule has 0 aromatic carbocycles. The average Bonchev–Trinajstić information content (AvgIpc) is 2.84. The zero-order valence-corrected chi connectivity index (χ0v) is 11.9. The summed E-state index contributed by atoms with van der Waals surface area (Å²) in [5.41, 5.74) is 6.61. The lowest BCUT2D eigenvalue weighted by molar-refractivity contribution is 0.0626. The molecule has 3 N–H and O–H groups in total. The number of hydrogen-bond donors (Lipinski definition) is 2. The Morgan fingerprint density at radius 2 is 2.45 bits per heavy atom. The molecule has 1 unspecified atom stereocenters. The summed E-state index contributed by atoms with van der Waals surface area (Å²) in [5, 5.41) is 10.1. The first-order valence-electron chi connectivity index (χ1n) is 6.74. The maximum absolute atomic E-state index is 12.6. The van der Waals surface area contributed by atoms with Gasteiger partial charge in [-0.15, -0.1) is 11.3 Å². The van der Waals surface area contributed by atoms with Gasteiger partial charge >= 0.3 is 0 Å². The van der Waals surface area contributed by atoms with Crippen LogP contribution in [-0.2, 0) is 0 Å². The Morgan fingerprint density at radius 1 is 1.60 bits per heavy atom. The Kier molecular flexibility index (Phi) is 3.58. The summed E-state index contributed by atoms with van der Waals surface area (Å²) in [6.07, 6.45) is 3.61. The fraction of sp³-hybridized carbons (Fsp3) is 0.429. The van der Waals surface area contributed by atoms with Crippen molar-refractivity contribution in [1.82, 2.24) is 9.88 Å². The topological polar surface area (TPSA) is 79.5 Å². The smallest absolute Gasteiger partial charge is 0.266 e. The van der Waals surface area contributed by atoms with Gasteiger partial charge in [0.1, 0.15) is 9.71 Å². The summed E-state index contributed by atoms with van der Waals surface area (Å²) in [4.78, 5) is 20.0. The summed E-state index contributed by atoms with van der Waals surface area (Å²) in [5.74, 6) is 0.144. The van der Waals surface area contributed by atoms with E-state index in [1.54, 1.807) is 11.1 Å². The van der Waals surface area contributed by atoms with Crippen molar-refractivity contribution >= 4 is 33.1 Å². The summed E-state index contributed by atoms with van der Waals surface area (Å²) in [6, 6.07) is 3.71. The minimum absolute atomic E-state index is 0.0383. The molecule has 5 nitrogen and oxygen atoms in total. The second-order valence-electron chi connectivity index (χ2n) is 5.14. The molecule has 1 aliphatic heterocycles. The maximum atomic E-state index is 12.6. The van der Waals surface area contributed by atoms with E-state index in [0.29, 0.717) is 17.1 Å². The van der Waals surface area contributed by atoms with Crippen molar-refractivity contribution in [2.24, 2.45) is 5.92 Å². The first-order valence-corrected chi connectivity index (χ1v) is 7.55. The van der Waals surface area contributed by atoms with E-state index >= 15 is 0 Å². The van der Waals surface area contributed by atoms with Crippen LogP contribution in [0.5, 0.6) is 0 Å². The van der Waals surface area contributed by atoms with Crippen molar-refractivity contribution in [2.45, 2.75) is 12.8 Å². The third kappa shape index (κ3) is 2.25. The van der Waals surface area contributed by atoms with Crippen LogP contribution in [-0.4, -0.2) is 40.6 Å². The molecule has 0 aliphatic carbocycles. The molecule has 3 rings (SSSR count). The molecule has 1 amide bonds. The molecule has 1 atom stereocenters. The van der Waals surface area contributed by atoms with Crippen LogP contribution in [0.4, 0.5) is 5.69 Å². The monoisotopic (exact) mass is 291 g/mol. The normalized spacial score (nSPS) is 19.4. The Bertz CT molecular complexity index is 640. The molecular formula is C14H17N3O2S. The number of nitrogens with zero attached hydrogens (tertiary/aromatic N) is 2. The number of nitrogen functional groups attached to an aromatic ring is 1. The van der Waals surface area contributed by atoms with E-state index in [9.17, 15) is 9.90 Å². The van der Waals surface area contributed by atoms with Gasteiger partial charge < -0.3 is 15.7 Å². The summed E-state index contributed by atoms with van der Waals surface area (Å²) in [7, 11) is 0. The molecule has 3 heterocycles. The van der Waals surface area contributed by atoms with Gasteiger partial charge in [0.05, 0.1) is 5.69 Å². The van der Waals surface area contributed by atoms with Crippen LogP contribution in [0.1, 0.15) is 22.5 Å². The molecule has 2 aromatic rings. The van der Waals surface area contributed by atoms with E-state index < -0.39 is 0 Å². The first kappa shape index (κ1) is 13.3. The quantitative estimate of drug-likeness (QED) is 0.883. The zero-order chi connectivity index (χ0) is 14.1. The third-order valence-electron chi connectivity index (χ3n) is 3.76. The number of aromatic nitrogens is 1. The Balaban J connectivity index is 1.90. The van der Waals surface area contributed by atoms with Gasteiger partial charge in [-0.3, -0.25) is 4.79 Å². The fourth-order valence-electron chi connectivity index (χ4n) is 2.65. The zero-order valence-electron chi connectivity index (χ0n) is 11.1. The van der Waals surface area contributed by atoms with E-state index in [0.717, 1.165) is 29.6 Å². The molecule has 1 fully saturated rings. The second-order valence-corrected chi connectivity index (χ2v) is 6.14. The average molecular weight is 291 g/mol. The van der Waals surface area contributed by atoms with Crippen molar-refractivity contribution in [1.29, 1.82) is 0 Å². The summed E-state index contributed by atoms with van der Waals surface area (Å²) in [6.45, 7) is 1.47. The van der Waals surface area contributed by atoms with Gasteiger partial charge in [0.2, 0.25) is 0 Å². The first-order chi connectivity index (χ1) is 9.70. The number of anilines is 1. The number of rotatable bonds is 2. The van der Waals surface area contributed by atoms with E-state index in [4.69, 9.17) is 5.73 Å². The Labute approximate surface area is 121 Å².